The molecule has 2 aromatic rings. The molecule has 0 aliphatic heterocycles. The first-order chi connectivity index (χ1) is 9.83. The van der Waals surface area contributed by atoms with Crippen LogP contribution in [0.3, 0.4) is 0 Å². The molecule has 1 atom stereocenters. The summed E-state index contributed by atoms with van der Waals surface area (Å²) < 4.78 is 6.12. The Balaban J connectivity index is 1.72. The van der Waals surface area contributed by atoms with Crippen LogP contribution in [0.1, 0.15) is 19.8 Å². The SMILES string of the molecule is CC(CNC1CC1)Oc1ccccc1-c1ccccc1. The minimum absolute atomic E-state index is 0.181. The summed E-state index contributed by atoms with van der Waals surface area (Å²) in [5.41, 5.74) is 2.36. The van der Waals surface area contributed by atoms with Gasteiger partial charge in [0.15, 0.2) is 0 Å². The first-order valence-corrected chi connectivity index (χ1v) is 7.37. The van der Waals surface area contributed by atoms with Crippen LogP contribution < -0.4 is 10.1 Å². The summed E-state index contributed by atoms with van der Waals surface area (Å²) in [6, 6.07) is 19.4. The van der Waals surface area contributed by atoms with Gasteiger partial charge in [0.2, 0.25) is 0 Å². The molecule has 1 aliphatic rings. The van der Waals surface area contributed by atoms with Gasteiger partial charge in [0.05, 0.1) is 0 Å². The molecule has 0 spiro atoms. The van der Waals surface area contributed by atoms with Gasteiger partial charge in [0.25, 0.3) is 0 Å². The van der Waals surface area contributed by atoms with Gasteiger partial charge < -0.3 is 10.1 Å². The van der Waals surface area contributed by atoms with Gasteiger partial charge in [-0.3, -0.25) is 0 Å². The molecule has 1 aliphatic carbocycles. The highest BCUT2D eigenvalue weighted by atomic mass is 16.5. The van der Waals surface area contributed by atoms with Crippen molar-refractivity contribution >= 4 is 0 Å². The van der Waals surface area contributed by atoms with E-state index in [0.717, 1.165) is 23.9 Å². The van der Waals surface area contributed by atoms with E-state index in [4.69, 9.17) is 4.74 Å². The molecule has 0 aromatic heterocycles. The lowest BCUT2D eigenvalue weighted by molar-refractivity contribution is 0.217. The zero-order valence-corrected chi connectivity index (χ0v) is 11.9. The summed E-state index contributed by atoms with van der Waals surface area (Å²) >= 11 is 0. The van der Waals surface area contributed by atoms with Gasteiger partial charge in [0.1, 0.15) is 11.9 Å². The number of benzene rings is 2. The standard InChI is InChI=1S/C18H21NO/c1-14(13-19-16-11-12-16)20-18-10-6-5-9-17(18)15-7-3-2-4-8-15/h2-10,14,16,19H,11-13H2,1H3. The van der Waals surface area contributed by atoms with Crippen molar-refractivity contribution in [2.75, 3.05) is 6.54 Å². The predicted octanol–water partition coefficient (Wildman–Crippen LogP) is 3.87. The summed E-state index contributed by atoms with van der Waals surface area (Å²) in [7, 11) is 0. The Bertz CT molecular complexity index is 548. The van der Waals surface area contributed by atoms with Gasteiger partial charge in [-0.25, -0.2) is 0 Å². The molecule has 1 fully saturated rings. The molecule has 1 unspecified atom stereocenters. The Morgan fingerprint density at radius 1 is 1.05 bits per heavy atom. The Morgan fingerprint density at radius 2 is 1.75 bits per heavy atom. The van der Waals surface area contributed by atoms with Gasteiger partial charge >= 0.3 is 0 Å². The van der Waals surface area contributed by atoms with Crippen LogP contribution >= 0.6 is 0 Å². The minimum Gasteiger partial charge on any atom is -0.489 e. The molecule has 20 heavy (non-hydrogen) atoms. The summed E-state index contributed by atoms with van der Waals surface area (Å²) in [5, 5.41) is 3.51. The van der Waals surface area contributed by atoms with Crippen molar-refractivity contribution in [2.24, 2.45) is 0 Å². The number of nitrogens with one attached hydrogen (secondary N) is 1. The van der Waals surface area contributed by atoms with Crippen LogP contribution in [0.25, 0.3) is 11.1 Å². The molecule has 0 saturated heterocycles. The fourth-order valence-corrected chi connectivity index (χ4v) is 2.30. The lowest BCUT2D eigenvalue weighted by Crippen LogP contribution is -2.30. The van der Waals surface area contributed by atoms with Crippen molar-refractivity contribution in [3.63, 3.8) is 0 Å². The van der Waals surface area contributed by atoms with Crippen LogP contribution in [0.4, 0.5) is 0 Å². The van der Waals surface area contributed by atoms with E-state index in [0.29, 0.717) is 0 Å². The second-order valence-corrected chi connectivity index (χ2v) is 5.47. The smallest absolute Gasteiger partial charge is 0.127 e. The fourth-order valence-electron chi connectivity index (χ4n) is 2.30. The third kappa shape index (κ3) is 3.40. The molecule has 0 amide bonds. The number of hydrogen-bond donors (Lipinski definition) is 1. The largest absolute Gasteiger partial charge is 0.489 e. The molecule has 1 saturated carbocycles. The molecule has 0 radical (unpaired) electrons. The average molecular weight is 267 g/mol. The summed E-state index contributed by atoms with van der Waals surface area (Å²) in [6.45, 7) is 3.03. The number of rotatable bonds is 6. The van der Waals surface area contributed by atoms with E-state index in [1.807, 2.05) is 12.1 Å². The Hall–Kier alpha value is -1.80. The van der Waals surface area contributed by atoms with Crippen LogP contribution in [0.15, 0.2) is 54.6 Å². The van der Waals surface area contributed by atoms with E-state index >= 15 is 0 Å². The maximum Gasteiger partial charge on any atom is 0.127 e. The van der Waals surface area contributed by atoms with Crippen molar-refractivity contribution < 1.29 is 4.74 Å². The second-order valence-electron chi connectivity index (χ2n) is 5.47. The quantitative estimate of drug-likeness (QED) is 0.857. The first kappa shape index (κ1) is 13.2. The summed E-state index contributed by atoms with van der Waals surface area (Å²) in [6.07, 6.45) is 2.81. The summed E-state index contributed by atoms with van der Waals surface area (Å²) in [4.78, 5) is 0. The van der Waals surface area contributed by atoms with Gasteiger partial charge in [-0.2, -0.15) is 0 Å². The van der Waals surface area contributed by atoms with E-state index in [1.165, 1.54) is 18.4 Å². The zero-order valence-electron chi connectivity index (χ0n) is 11.9. The van der Waals surface area contributed by atoms with Crippen LogP contribution in [0, 0.1) is 0 Å². The monoisotopic (exact) mass is 267 g/mol. The lowest BCUT2D eigenvalue weighted by Gasteiger charge is -2.18. The Kier molecular flexibility index (Phi) is 4.03. The molecular weight excluding hydrogens is 246 g/mol. The normalized spacial score (nSPS) is 15.8. The van der Waals surface area contributed by atoms with E-state index in [-0.39, 0.29) is 6.10 Å². The van der Waals surface area contributed by atoms with Crippen molar-refractivity contribution in [3.05, 3.63) is 54.6 Å². The van der Waals surface area contributed by atoms with Crippen molar-refractivity contribution in [1.29, 1.82) is 0 Å². The van der Waals surface area contributed by atoms with Crippen molar-refractivity contribution in [3.8, 4) is 16.9 Å². The highest BCUT2D eigenvalue weighted by Gasteiger charge is 2.21. The van der Waals surface area contributed by atoms with Crippen LogP contribution in [0.2, 0.25) is 0 Å². The van der Waals surface area contributed by atoms with Crippen LogP contribution in [-0.2, 0) is 0 Å². The average Bonchev–Trinajstić information content (AvgIpc) is 3.31. The lowest BCUT2D eigenvalue weighted by atomic mass is 10.0. The molecule has 2 nitrogen and oxygen atoms in total. The molecule has 0 bridgehead atoms. The zero-order chi connectivity index (χ0) is 13.8. The predicted molar refractivity (Wildman–Crippen MR) is 83.0 cm³/mol. The summed E-state index contributed by atoms with van der Waals surface area (Å²) in [5.74, 6) is 0.962. The van der Waals surface area contributed by atoms with E-state index in [2.05, 4.69) is 54.7 Å². The Labute approximate surface area is 120 Å². The van der Waals surface area contributed by atoms with Gasteiger partial charge in [-0.1, -0.05) is 48.5 Å². The number of ether oxygens (including phenoxy) is 1. The topological polar surface area (TPSA) is 21.3 Å². The molecule has 2 aromatic carbocycles. The highest BCUT2D eigenvalue weighted by Crippen LogP contribution is 2.30. The molecule has 1 N–H and O–H groups in total. The van der Waals surface area contributed by atoms with Gasteiger partial charge in [0, 0.05) is 18.2 Å². The third-order valence-electron chi connectivity index (χ3n) is 3.57. The van der Waals surface area contributed by atoms with Crippen LogP contribution in [0.5, 0.6) is 5.75 Å². The molecule has 2 heteroatoms. The molecular formula is C18H21NO. The van der Waals surface area contributed by atoms with E-state index < -0.39 is 0 Å². The highest BCUT2D eigenvalue weighted by molar-refractivity contribution is 5.70. The third-order valence-corrected chi connectivity index (χ3v) is 3.57. The van der Waals surface area contributed by atoms with Crippen molar-refractivity contribution in [1.82, 2.24) is 5.32 Å². The maximum absolute atomic E-state index is 6.12. The number of hydrogen-bond acceptors (Lipinski definition) is 2. The van der Waals surface area contributed by atoms with E-state index in [9.17, 15) is 0 Å². The minimum atomic E-state index is 0.181. The fraction of sp³-hybridized carbons (Fsp3) is 0.333. The van der Waals surface area contributed by atoms with Gasteiger partial charge in [-0.15, -0.1) is 0 Å². The molecule has 104 valence electrons. The van der Waals surface area contributed by atoms with Crippen molar-refractivity contribution in [2.45, 2.75) is 31.9 Å². The second kappa shape index (κ2) is 6.10. The van der Waals surface area contributed by atoms with Gasteiger partial charge in [-0.05, 0) is 31.4 Å². The first-order valence-electron chi connectivity index (χ1n) is 7.37. The molecule has 3 rings (SSSR count). The number of para-hydroxylation sites is 1. The van der Waals surface area contributed by atoms with Crippen LogP contribution in [-0.4, -0.2) is 18.7 Å². The Morgan fingerprint density at radius 3 is 2.50 bits per heavy atom. The molecule has 0 heterocycles. The van der Waals surface area contributed by atoms with E-state index in [1.54, 1.807) is 0 Å². The maximum atomic E-state index is 6.12.